The molecule has 1 aliphatic heterocycles. The van der Waals surface area contributed by atoms with Crippen molar-refractivity contribution in [3.8, 4) is 5.75 Å². The van der Waals surface area contributed by atoms with Crippen molar-refractivity contribution >= 4 is 15.9 Å². The zero-order valence-electron chi connectivity index (χ0n) is 11.2. The topological polar surface area (TPSA) is 30.5 Å². The molecule has 1 aromatic rings. The molecule has 1 fully saturated rings. The fourth-order valence-corrected chi connectivity index (χ4v) is 3.57. The predicted molar refractivity (Wildman–Crippen MR) is 78.6 cm³/mol. The Hall–Kier alpha value is -0.580. The molecule has 3 atom stereocenters. The number of ether oxygens (including phenoxy) is 2. The van der Waals surface area contributed by atoms with Crippen LogP contribution in [0.25, 0.3) is 0 Å². The Morgan fingerprint density at radius 2 is 2.21 bits per heavy atom. The Labute approximate surface area is 122 Å². The van der Waals surface area contributed by atoms with Crippen LogP contribution in [-0.2, 0) is 4.74 Å². The van der Waals surface area contributed by atoms with Crippen LogP contribution in [0.4, 0.5) is 0 Å². The van der Waals surface area contributed by atoms with Gasteiger partial charge in [0.2, 0.25) is 0 Å². The van der Waals surface area contributed by atoms with Gasteiger partial charge in [0, 0.05) is 35.7 Å². The molecule has 0 aromatic heterocycles. The van der Waals surface area contributed by atoms with Crippen LogP contribution in [0.1, 0.15) is 37.3 Å². The van der Waals surface area contributed by atoms with E-state index in [-0.39, 0.29) is 0 Å². The summed E-state index contributed by atoms with van der Waals surface area (Å²) >= 11 is 3.55. The summed E-state index contributed by atoms with van der Waals surface area (Å²) in [7, 11) is 1.82. The molecule has 3 unspecified atom stereocenters. The molecular formula is C15H20BrNO2. The molecule has 1 aliphatic carbocycles. The van der Waals surface area contributed by atoms with Gasteiger partial charge in [0.1, 0.15) is 5.75 Å². The number of rotatable bonds is 3. The molecular weight excluding hydrogens is 306 g/mol. The second-order valence-corrected chi connectivity index (χ2v) is 6.27. The minimum atomic E-state index is 0.360. The molecule has 1 saturated carbocycles. The van der Waals surface area contributed by atoms with Gasteiger partial charge in [0.25, 0.3) is 0 Å². The third-order valence-electron chi connectivity index (χ3n) is 4.18. The summed E-state index contributed by atoms with van der Waals surface area (Å²) in [6.45, 7) is 0.788. The Bertz CT molecular complexity index is 452. The van der Waals surface area contributed by atoms with Crippen molar-refractivity contribution in [3.05, 3.63) is 28.2 Å². The van der Waals surface area contributed by atoms with Crippen molar-refractivity contribution in [2.75, 3.05) is 13.7 Å². The molecule has 0 saturated heterocycles. The Morgan fingerprint density at radius 3 is 3.05 bits per heavy atom. The summed E-state index contributed by atoms with van der Waals surface area (Å²) in [4.78, 5) is 0. The summed E-state index contributed by atoms with van der Waals surface area (Å²) in [5.41, 5.74) is 1.27. The summed E-state index contributed by atoms with van der Waals surface area (Å²) in [5.74, 6) is 1.01. The van der Waals surface area contributed by atoms with E-state index in [1.54, 1.807) is 0 Å². The van der Waals surface area contributed by atoms with Crippen molar-refractivity contribution in [1.82, 2.24) is 5.32 Å². The van der Waals surface area contributed by atoms with Crippen LogP contribution < -0.4 is 10.1 Å². The van der Waals surface area contributed by atoms with Crippen molar-refractivity contribution in [3.63, 3.8) is 0 Å². The van der Waals surface area contributed by atoms with Gasteiger partial charge in [-0.2, -0.15) is 0 Å². The van der Waals surface area contributed by atoms with E-state index in [4.69, 9.17) is 9.47 Å². The molecule has 1 aromatic carbocycles. The number of hydrogen-bond donors (Lipinski definition) is 1. The Kier molecular flexibility index (Phi) is 4.10. The second-order valence-electron chi connectivity index (χ2n) is 5.35. The van der Waals surface area contributed by atoms with Crippen LogP contribution in [0, 0.1) is 0 Å². The molecule has 4 heteroatoms. The number of methoxy groups -OCH3 is 1. The maximum Gasteiger partial charge on any atom is 0.124 e. The van der Waals surface area contributed by atoms with E-state index >= 15 is 0 Å². The third-order valence-corrected chi connectivity index (χ3v) is 4.68. The van der Waals surface area contributed by atoms with Gasteiger partial charge in [-0.3, -0.25) is 0 Å². The number of halogens is 1. The lowest BCUT2D eigenvalue weighted by molar-refractivity contribution is 0.0784. The van der Waals surface area contributed by atoms with Gasteiger partial charge in [-0.05, 0) is 37.5 Å². The van der Waals surface area contributed by atoms with Crippen LogP contribution in [0.2, 0.25) is 0 Å². The SMILES string of the molecule is COC1CCCC1NC1CCOc2ccc(Br)cc21. The summed E-state index contributed by atoms with van der Waals surface area (Å²) in [6.07, 6.45) is 5.02. The quantitative estimate of drug-likeness (QED) is 0.923. The van der Waals surface area contributed by atoms with Gasteiger partial charge in [-0.1, -0.05) is 15.9 Å². The zero-order valence-corrected chi connectivity index (χ0v) is 12.8. The fourth-order valence-electron chi connectivity index (χ4n) is 3.20. The molecule has 3 rings (SSSR count). The number of hydrogen-bond acceptors (Lipinski definition) is 3. The molecule has 19 heavy (non-hydrogen) atoms. The lowest BCUT2D eigenvalue weighted by atomic mass is 9.99. The fraction of sp³-hybridized carbons (Fsp3) is 0.600. The van der Waals surface area contributed by atoms with E-state index in [1.165, 1.54) is 24.8 Å². The van der Waals surface area contributed by atoms with Crippen LogP contribution in [0.15, 0.2) is 22.7 Å². The van der Waals surface area contributed by atoms with Crippen molar-refractivity contribution < 1.29 is 9.47 Å². The van der Waals surface area contributed by atoms with Gasteiger partial charge >= 0.3 is 0 Å². The van der Waals surface area contributed by atoms with Crippen LogP contribution in [0.3, 0.4) is 0 Å². The highest BCUT2D eigenvalue weighted by atomic mass is 79.9. The van der Waals surface area contributed by atoms with Gasteiger partial charge in [-0.15, -0.1) is 0 Å². The highest BCUT2D eigenvalue weighted by Crippen LogP contribution is 2.35. The van der Waals surface area contributed by atoms with E-state index < -0.39 is 0 Å². The minimum Gasteiger partial charge on any atom is -0.493 e. The Balaban J connectivity index is 1.78. The molecule has 104 valence electrons. The third kappa shape index (κ3) is 2.81. The molecule has 0 radical (unpaired) electrons. The van der Waals surface area contributed by atoms with Crippen molar-refractivity contribution in [1.29, 1.82) is 0 Å². The summed E-state index contributed by atoms with van der Waals surface area (Å²) < 4.78 is 12.4. The van der Waals surface area contributed by atoms with Crippen molar-refractivity contribution in [2.24, 2.45) is 0 Å². The molecule has 0 bridgehead atoms. The molecule has 3 nitrogen and oxygen atoms in total. The van der Waals surface area contributed by atoms with E-state index in [9.17, 15) is 0 Å². The minimum absolute atomic E-state index is 0.360. The van der Waals surface area contributed by atoms with E-state index in [0.717, 1.165) is 23.2 Å². The molecule has 1 N–H and O–H groups in total. The zero-order chi connectivity index (χ0) is 13.2. The smallest absolute Gasteiger partial charge is 0.124 e. The van der Waals surface area contributed by atoms with Crippen LogP contribution >= 0.6 is 15.9 Å². The van der Waals surface area contributed by atoms with E-state index in [1.807, 2.05) is 13.2 Å². The molecule has 0 amide bonds. The average molecular weight is 326 g/mol. The first kappa shape index (κ1) is 13.4. The summed E-state index contributed by atoms with van der Waals surface area (Å²) in [5, 5.41) is 3.78. The summed E-state index contributed by atoms with van der Waals surface area (Å²) in [6, 6.07) is 7.11. The van der Waals surface area contributed by atoms with Crippen LogP contribution in [0.5, 0.6) is 5.75 Å². The van der Waals surface area contributed by atoms with Gasteiger partial charge in [0.15, 0.2) is 0 Å². The van der Waals surface area contributed by atoms with Crippen LogP contribution in [-0.4, -0.2) is 25.9 Å². The first-order chi connectivity index (χ1) is 9.28. The predicted octanol–water partition coefficient (Wildman–Crippen LogP) is 3.43. The average Bonchev–Trinajstić information content (AvgIpc) is 2.87. The second kappa shape index (κ2) is 5.81. The highest BCUT2D eigenvalue weighted by molar-refractivity contribution is 9.10. The largest absolute Gasteiger partial charge is 0.493 e. The normalized spacial score (nSPS) is 29.9. The van der Waals surface area contributed by atoms with Gasteiger partial charge in [-0.25, -0.2) is 0 Å². The first-order valence-corrected chi connectivity index (χ1v) is 7.78. The lowest BCUT2D eigenvalue weighted by Crippen LogP contribution is -2.40. The van der Waals surface area contributed by atoms with E-state index in [0.29, 0.717) is 18.2 Å². The number of fused-ring (bicyclic) bond motifs is 1. The lowest BCUT2D eigenvalue weighted by Gasteiger charge is -2.31. The Morgan fingerprint density at radius 1 is 1.32 bits per heavy atom. The number of nitrogens with one attached hydrogen (secondary N) is 1. The van der Waals surface area contributed by atoms with Gasteiger partial charge in [0.05, 0.1) is 12.7 Å². The monoisotopic (exact) mass is 325 g/mol. The molecule has 2 aliphatic rings. The maximum absolute atomic E-state index is 5.73. The van der Waals surface area contributed by atoms with E-state index in [2.05, 4.69) is 33.4 Å². The standard InChI is InChI=1S/C15H20BrNO2/c1-18-15-4-2-3-13(15)17-12-7-8-19-14-6-5-10(16)9-11(12)14/h5-6,9,12-13,15,17H,2-4,7-8H2,1H3. The maximum atomic E-state index is 5.73. The molecule has 0 spiro atoms. The number of benzene rings is 1. The molecule has 1 heterocycles. The first-order valence-electron chi connectivity index (χ1n) is 6.99. The highest BCUT2D eigenvalue weighted by Gasteiger charge is 2.31. The van der Waals surface area contributed by atoms with Crippen molar-refractivity contribution in [2.45, 2.75) is 43.9 Å². The van der Waals surface area contributed by atoms with Gasteiger partial charge < -0.3 is 14.8 Å².